The molecule has 1 atom stereocenters. The van der Waals surface area contributed by atoms with Gasteiger partial charge in [0.25, 0.3) is 0 Å². The van der Waals surface area contributed by atoms with Gasteiger partial charge in [0.05, 0.1) is 16.1 Å². The normalized spacial score (nSPS) is 19.6. The summed E-state index contributed by atoms with van der Waals surface area (Å²) >= 11 is 7.71. The Morgan fingerprint density at radius 2 is 2.10 bits per heavy atom. The molecule has 0 amide bonds. The van der Waals surface area contributed by atoms with E-state index >= 15 is 0 Å². The highest BCUT2D eigenvalue weighted by Crippen LogP contribution is 2.41. The number of likely N-dealkylation sites (tertiary alicyclic amines) is 1. The van der Waals surface area contributed by atoms with Gasteiger partial charge in [-0.15, -0.1) is 11.3 Å². The van der Waals surface area contributed by atoms with Gasteiger partial charge in [-0.2, -0.15) is 0 Å². The maximum absolute atomic E-state index is 14.4. The topological polar surface area (TPSA) is 41.1 Å². The Morgan fingerprint density at radius 1 is 1.24 bits per heavy atom. The molecule has 7 heteroatoms. The summed E-state index contributed by atoms with van der Waals surface area (Å²) in [5.74, 6) is 0.960. The van der Waals surface area contributed by atoms with Crippen molar-refractivity contribution in [1.82, 2.24) is 14.9 Å². The molecule has 152 valence electrons. The maximum atomic E-state index is 14.4. The molecule has 29 heavy (non-hydrogen) atoms. The van der Waals surface area contributed by atoms with Crippen LogP contribution < -0.4 is 5.32 Å². The number of halogens is 2. The van der Waals surface area contributed by atoms with Crippen LogP contribution in [0.15, 0.2) is 24.5 Å². The molecule has 1 aromatic carbocycles. The Kier molecular flexibility index (Phi) is 5.41. The van der Waals surface area contributed by atoms with E-state index in [1.807, 2.05) is 0 Å². The van der Waals surface area contributed by atoms with Crippen molar-refractivity contribution in [2.24, 2.45) is 5.92 Å². The van der Waals surface area contributed by atoms with E-state index in [1.54, 1.807) is 35.9 Å². The highest BCUT2D eigenvalue weighted by atomic mass is 35.5. The number of nitrogens with zero attached hydrogens (tertiary/aromatic N) is 3. The van der Waals surface area contributed by atoms with Crippen LogP contribution in [0, 0.1) is 11.7 Å². The Hall–Kier alpha value is -1.76. The highest BCUT2D eigenvalue weighted by Gasteiger charge is 2.26. The molecular weight excluding hydrogens is 407 g/mol. The lowest BCUT2D eigenvalue weighted by Crippen LogP contribution is -2.24. The van der Waals surface area contributed by atoms with Crippen LogP contribution >= 0.6 is 22.9 Å². The zero-order valence-corrected chi connectivity index (χ0v) is 17.8. The van der Waals surface area contributed by atoms with Gasteiger partial charge < -0.3 is 10.2 Å². The second-order valence-corrected chi connectivity index (χ2v) is 9.57. The maximum Gasteiger partial charge on any atom is 0.165 e. The Labute approximate surface area is 179 Å². The summed E-state index contributed by atoms with van der Waals surface area (Å²) in [6.45, 7) is 3.77. The van der Waals surface area contributed by atoms with Gasteiger partial charge in [-0.1, -0.05) is 17.7 Å². The molecule has 0 bridgehead atoms. The molecular formula is C22H24ClFN4S. The molecule has 3 heterocycles. The first-order valence-corrected chi connectivity index (χ1v) is 11.6. The lowest BCUT2D eigenvalue weighted by atomic mass is 9.85. The van der Waals surface area contributed by atoms with Crippen molar-refractivity contribution in [3.8, 4) is 0 Å². The van der Waals surface area contributed by atoms with Crippen LogP contribution in [0.5, 0.6) is 0 Å². The molecule has 1 unspecified atom stereocenters. The number of anilines is 2. The molecule has 4 nitrogen and oxygen atoms in total. The summed E-state index contributed by atoms with van der Waals surface area (Å²) < 4.78 is 14.4. The molecule has 0 saturated carbocycles. The molecule has 1 aliphatic carbocycles. The van der Waals surface area contributed by atoms with E-state index in [1.165, 1.54) is 55.8 Å². The molecule has 1 saturated heterocycles. The lowest BCUT2D eigenvalue weighted by Gasteiger charge is -2.24. The second kappa shape index (κ2) is 8.17. The number of rotatable bonds is 5. The number of hydrogen-bond donors (Lipinski definition) is 1. The van der Waals surface area contributed by atoms with E-state index in [0.717, 1.165) is 29.0 Å². The van der Waals surface area contributed by atoms with Gasteiger partial charge in [0.2, 0.25) is 0 Å². The van der Waals surface area contributed by atoms with E-state index < -0.39 is 5.82 Å². The van der Waals surface area contributed by atoms with Crippen LogP contribution in [0.4, 0.5) is 15.9 Å². The van der Waals surface area contributed by atoms with Crippen LogP contribution in [0.25, 0.3) is 10.2 Å². The van der Waals surface area contributed by atoms with Crippen molar-refractivity contribution in [3.05, 3.63) is 45.8 Å². The van der Waals surface area contributed by atoms with E-state index in [0.29, 0.717) is 11.5 Å². The SMILES string of the molecule is Fc1c(Cl)cccc1Nc1ncnc2sc3c(c12)CCC(CCN1CCCC1)C3. The Bertz CT molecular complexity index is 1030. The largest absolute Gasteiger partial charge is 0.337 e. The second-order valence-electron chi connectivity index (χ2n) is 8.08. The molecule has 1 N–H and O–H groups in total. The fraction of sp³-hybridized carbons (Fsp3) is 0.455. The summed E-state index contributed by atoms with van der Waals surface area (Å²) in [7, 11) is 0. The van der Waals surface area contributed by atoms with Gasteiger partial charge in [0.1, 0.15) is 17.0 Å². The van der Waals surface area contributed by atoms with Crippen LogP contribution in [0.3, 0.4) is 0 Å². The standard InChI is InChI=1S/C22H24ClFN4S/c23-16-4-3-5-17(20(16)24)27-21-19-15-7-6-14(8-11-28-9-1-2-10-28)12-18(15)29-22(19)26-13-25-21/h3-5,13-14H,1-2,6-12H2,(H,25,26,27). The van der Waals surface area contributed by atoms with E-state index in [2.05, 4.69) is 20.2 Å². The van der Waals surface area contributed by atoms with Crippen molar-refractivity contribution in [2.45, 2.75) is 38.5 Å². The van der Waals surface area contributed by atoms with Gasteiger partial charge in [-0.3, -0.25) is 0 Å². The zero-order valence-electron chi connectivity index (χ0n) is 16.3. The molecule has 3 aromatic rings. The van der Waals surface area contributed by atoms with Crippen LogP contribution in [0.2, 0.25) is 5.02 Å². The van der Waals surface area contributed by atoms with Crippen molar-refractivity contribution in [1.29, 1.82) is 0 Å². The first-order valence-electron chi connectivity index (χ1n) is 10.4. The summed E-state index contributed by atoms with van der Waals surface area (Å²) in [6, 6.07) is 4.97. The number of aromatic nitrogens is 2. The van der Waals surface area contributed by atoms with E-state index in [4.69, 9.17) is 11.6 Å². The number of hydrogen-bond acceptors (Lipinski definition) is 5. The van der Waals surface area contributed by atoms with E-state index in [9.17, 15) is 4.39 Å². The minimum Gasteiger partial charge on any atom is -0.337 e. The zero-order chi connectivity index (χ0) is 19.8. The fourth-order valence-electron chi connectivity index (χ4n) is 4.62. The minimum absolute atomic E-state index is 0.105. The number of benzene rings is 1. The Morgan fingerprint density at radius 3 is 2.97 bits per heavy atom. The molecule has 0 radical (unpaired) electrons. The smallest absolute Gasteiger partial charge is 0.165 e. The molecule has 1 fully saturated rings. The number of aryl methyl sites for hydroxylation is 1. The van der Waals surface area contributed by atoms with Gasteiger partial charge in [0, 0.05) is 4.88 Å². The Balaban J connectivity index is 1.39. The fourth-order valence-corrected chi connectivity index (χ4v) is 6.10. The molecule has 2 aliphatic rings. The third-order valence-corrected chi connectivity index (χ3v) is 7.66. The number of fused-ring (bicyclic) bond motifs is 3. The van der Waals surface area contributed by atoms with Crippen molar-refractivity contribution >= 4 is 44.7 Å². The monoisotopic (exact) mass is 430 g/mol. The predicted molar refractivity (Wildman–Crippen MR) is 118 cm³/mol. The average Bonchev–Trinajstić information content (AvgIpc) is 3.37. The molecule has 1 aliphatic heterocycles. The average molecular weight is 431 g/mol. The lowest BCUT2D eigenvalue weighted by molar-refractivity contribution is 0.291. The number of nitrogens with one attached hydrogen (secondary N) is 1. The first-order chi connectivity index (χ1) is 14.2. The third-order valence-electron chi connectivity index (χ3n) is 6.20. The summed E-state index contributed by atoms with van der Waals surface area (Å²) in [5.41, 5.74) is 1.68. The molecule has 5 rings (SSSR count). The van der Waals surface area contributed by atoms with Gasteiger partial charge in [-0.25, -0.2) is 14.4 Å². The summed E-state index contributed by atoms with van der Waals surface area (Å²) in [4.78, 5) is 13.9. The molecule has 2 aromatic heterocycles. The summed E-state index contributed by atoms with van der Waals surface area (Å²) in [6.07, 6.45) is 8.90. The van der Waals surface area contributed by atoms with Crippen LogP contribution in [-0.4, -0.2) is 34.5 Å². The van der Waals surface area contributed by atoms with Crippen molar-refractivity contribution < 1.29 is 4.39 Å². The van der Waals surface area contributed by atoms with Crippen LogP contribution in [-0.2, 0) is 12.8 Å². The summed E-state index contributed by atoms with van der Waals surface area (Å²) in [5, 5.41) is 4.31. The van der Waals surface area contributed by atoms with Crippen LogP contribution in [0.1, 0.15) is 36.1 Å². The van der Waals surface area contributed by atoms with Crippen molar-refractivity contribution in [3.63, 3.8) is 0 Å². The third kappa shape index (κ3) is 3.86. The first kappa shape index (κ1) is 19.2. The molecule has 0 spiro atoms. The van der Waals surface area contributed by atoms with Gasteiger partial charge in [-0.05, 0) is 81.8 Å². The minimum atomic E-state index is -0.452. The quantitative estimate of drug-likeness (QED) is 0.553. The predicted octanol–water partition coefficient (Wildman–Crippen LogP) is 5.82. The van der Waals surface area contributed by atoms with Gasteiger partial charge >= 0.3 is 0 Å². The van der Waals surface area contributed by atoms with Crippen molar-refractivity contribution in [2.75, 3.05) is 25.0 Å². The number of thiophene rings is 1. The van der Waals surface area contributed by atoms with Gasteiger partial charge in [0.15, 0.2) is 5.82 Å². The van der Waals surface area contributed by atoms with E-state index in [-0.39, 0.29) is 5.02 Å². The highest BCUT2D eigenvalue weighted by molar-refractivity contribution is 7.19.